The van der Waals surface area contributed by atoms with E-state index in [1.165, 1.54) is 19.1 Å². The van der Waals surface area contributed by atoms with Crippen LogP contribution in [0.15, 0.2) is 24.3 Å². The molecule has 7 heteroatoms. The Balaban J connectivity index is 1.77. The van der Waals surface area contributed by atoms with Crippen LogP contribution in [0.2, 0.25) is 0 Å². The molecule has 0 aliphatic carbocycles. The molecule has 0 bridgehead atoms. The van der Waals surface area contributed by atoms with Crippen LogP contribution in [0.3, 0.4) is 0 Å². The molecule has 7 nitrogen and oxygen atoms in total. The van der Waals surface area contributed by atoms with Crippen LogP contribution in [0.1, 0.15) is 34.1 Å². The molecule has 0 unspecified atom stereocenters. The third-order valence-corrected chi connectivity index (χ3v) is 3.70. The van der Waals surface area contributed by atoms with Gasteiger partial charge in [-0.1, -0.05) is 12.1 Å². The molecule has 2 atom stereocenters. The first kappa shape index (κ1) is 14.2. The van der Waals surface area contributed by atoms with Crippen molar-refractivity contribution in [1.29, 1.82) is 0 Å². The molecule has 1 aromatic rings. The summed E-state index contributed by atoms with van der Waals surface area (Å²) in [4.78, 5) is 48.8. The van der Waals surface area contributed by atoms with E-state index in [1.807, 2.05) is 0 Å². The molecule has 1 aromatic carbocycles. The van der Waals surface area contributed by atoms with Gasteiger partial charge in [-0.3, -0.25) is 14.5 Å². The van der Waals surface area contributed by atoms with Crippen LogP contribution in [-0.4, -0.2) is 47.4 Å². The average Bonchev–Trinajstić information content (AvgIpc) is 3.02. The Bertz CT molecular complexity index is 647. The summed E-state index contributed by atoms with van der Waals surface area (Å²) in [5, 5.41) is 0. The number of hydrogen-bond acceptors (Lipinski definition) is 6. The van der Waals surface area contributed by atoms with Gasteiger partial charge in [0.1, 0.15) is 6.04 Å². The van der Waals surface area contributed by atoms with Gasteiger partial charge in [0.25, 0.3) is 11.8 Å². The maximum Gasteiger partial charge on any atom is 0.347 e. The highest BCUT2D eigenvalue weighted by Gasteiger charge is 2.42. The highest BCUT2D eigenvalue weighted by molar-refractivity contribution is 6.22. The molecule has 2 heterocycles. The fourth-order valence-electron chi connectivity index (χ4n) is 2.49. The lowest BCUT2D eigenvalue weighted by atomic mass is 10.1. The summed E-state index contributed by atoms with van der Waals surface area (Å²) in [5.74, 6) is -2.50. The number of fused-ring (bicyclic) bond motifs is 1. The van der Waals surface area contributed by atoms with Crippen molar-refractivity contribution in [1.82, 2.24) is 4.90 Å². The van der Waals surface area contributed by atoms with E-state index in [4.69, 9.17) is 9.47 Å². The molecule has 1 saturated heterocycles. The number of hydrogen-bond donors (Lipinski definition) is 0. The van der Waals surface area contributed by atoms with Crippen LogP contribution >= 0.6 is 0 Å². The molecule has 2 aliphatic heterocycles. The second kappa shape index (κ2) is 5.25. The smallest absolute Gasteiger partial charge is 0.347 e. The zero-order valence-electron chi connectivity index (χ0n) is 11.8. The summed E-state index contributed by atoms with van der Waals surface area (Å²) < 4.78 is 9.73. The molecular formula is C15H13NO6. The topological polar surface area (TPSA) is 90.0 Å². The van der Waals surface area contributed by atoms with Crippen molar-refractivity contribution in [2.45, 2.75) is 25.5 Å². The summed E-state index contributed by atoms with van der Waals surface area (Å²) in [6.07, 6.45) is -0.690. The SMILES string of the molecule is C[C@H](C(=O)O[C@@H]1CCOC1=O)N1C(=O)c2ccccc2C1=O. The van der Waals surface area contributed by atoms with E-state index in [2.05, 4.69) is 0 Å². The van der Waals surface area contributed by atoms with Crippen molar-refractivity contribution < 1.29 is 28.7 Å². The Hall–Kier alpha value is -2.70. The van der Waals surface area contributed by atoms with Crippen molar-refractivity contribution in [2.24, 2.45) is 0 Å². The molecule has 2 amide bonds. The number of nitrogens with zero attached hydrogens (tertiary/aromatic N) is 1. The fraction of sp³-hybridized carbons (Fsp3) is 0.333. The molecule has 0 N–H and O–H groups in total. The van der Waals surface area contributed by atoms with Crippen LogP contribution in [0.5, 0.6) is 0 Å². The zero-order valence-corrected chi connectivity index (χ0v) is 11.8. The van der Waals surface area contributed by atoms with Gasteiger partial charge in [0.05, 0.1) is 17.7 Å². The van der Waals surface area contributed by atoms with E-state index < -0.39 is 35.9 Å². The van der Waals surface area contributed by atoms with Crippen molar-refractivity contribution in [2.75, 3.05) is 6.61 Å². The van der Waals surface area contributed by atoms with Gasteiger partial charge in [-0.05, 0) is 19.1 Å². The van der Waals surface area contributed by atoms with Gasteiger partial charge in [0, 0.05) is 6.42 Å². The molecule has 2 aliphatic rings. The second-order valence-electron chi connectivity index (χ2n) is 5.08. The number of amides is 2. The minimum atomic E-state index is -1.11. The fourth-order valence-corrected chi connectivity index (χ4v) is 2.49. The molecule has 0 aromatic heterocycles. The molecule has 0 radical (unpaired) electrons. The standard InChI is InChI=1S/C15H13NO6/c1-8(14(19)22-11-6-7-21-15(11)20)16-12(17)9-4-2-3-5-10(9)13(16)18/h2-5,8,11H,6-7H2,1H3/t8-,11-/m1/s1. The van der Waals surface area contributed by atoms with E-state index in [1.54, 1.807) is 12.1 Å². The van der Waals surface area contributed by atoms with Crippen LogP contribution < -0.4 is 0 Å². The van der Waals surface area contributed by atoms with Gasteiger partial charge in [-0.2, -0.15) is 0 Å². The van der Waals surface area contributed by atoms with Gasteiger partial charge >= 0.3 is 11.9 Å². The summed E-state index contributed by atoms with van der Waals surface area (Å²) in [6.45, 7) is 1.59. The Labute approximate surface area is 125 Å². The number of carbonyl (C=O) groups excluding carboxylic acids is 4. The Kier molecular flexibility index (Phi) is 3.40. The molecule has 0 saturated carbocycles. The maximum atomic E-state index is 12.3. The van der Waals surface area contributed by atoms with Gasteiger partial charge in [0.15, 0.2) is 0 Å². The van der Waals surface area contributed by atoms with Crippen molar-refractivity contribution in [3.05, 3.63) is 35.4 Å². The van der Waals surface area contributed by atoms with Crippen LogP contribution in [0, 0.1) is 0 Å². The van der Waals surface area contributed by atoms with Crippen LogP contribution in [0.25, 0.3) is 0 Å². The molecule has 0 spiro atoms. The number of imide groups is 1. The number of ether oxygens (including phenoxy) is 2. The van der Waals surface area contributed by atoms with E-state index in [0.717, 1.165) is 4.90 Å². The highest BCUT2D eigenvalue weighted by Crippen LogP contribution is 2.25. The average molecular weight is 303 g/mol. The number of rotatable bonds is 3. The third-order valence-electron chi connectivity index (χ3n) is 3.70. The molecule has 114 valence electrons. The molecule has 3 rings (SSSR count). The number of cyclic esters (lactones) is 1. The van der Waals surface area contributed by atoms with Gasteiger partial charge < -0.3 is 9.47 Å². The van der Waals surface area contributed by atoms with Crippen molar-refractivity contribution in [3.8, 4) is 0 Å². The Morgan fingerprint density at radius 1 is 1.23 bits per heavy atom. The lowest BCUT2D eigenvalue weighted by Crippen LogP contribution is -2.45. The predicted octanol–water partition coefficient (Wildman–Crippen LogP) is 0.530. The predicted molar refractivity (Wildman–Crippen MR) is 71.9 cm³/mol. The first-order chi connectivity index (χ1) is 10.5. The van der Waals surface area contributed by atoms with Crippen molar-refractivity contribution in [3.63, 3.8) is 0 Å². The lowest BCUT2D eigenvalue weighted by molar-refractivity contribution is -0.162. The lowest BCUT2D eigenvalue weighted by Gasteiger charge is -2.21. The first-order valence-corrected chi connectivity index (χ1v) is 6.84. The Morgan fingerprint density at radius 2 is 1.82 bits per heavy atom. The summed E-state index contributed by atoms with van der Waals surface area (Å²) in [7, 11) is 0. The zero-order chi connectivity index (χ0) is 15.9. The normalized spacial score (nSPS) is 21.6. The Morgan fingerprint density at radius 3 is 2.32 bits per heavy atom. The molecular weight excluding hydrogens is 290 g/mol. The van der Waals surface area contributed by atoms with E-state index >= 15 is 0 Å². The quantitative estimate of drug-likeness (QED) is 0.597. The van der Waals surface area contributed by atoms with Gasteiger partial charge in [-0.15, -0.1) is 0 Å². The van der Waals surface area contributed by atoms with Gasteiger partial charge in [-0.25, -0.2) is 9.59 Å². The maximum absolute atomic E-state index is 12.3. The summed E-state index contributed by atoms with van der Waals surface area (Å²) >= 11 is 0. The van der Waals surface area contributed by atoms with Crippen LogP contribution in [0.4, 0.5) is 0 Å². The van der Waals surface area contributed by atoms with E-state index in [9.17, 15) is 19.2 Å². The molecule has 1 fully saturated rings. The second-order valence-corrected chi connectivity index (χ2v) is 5.08. The third kappa shape index (κ3) is 2.14. The molecule has 22 heavy (non-hydrogen) atoms. The van der Waals surface area contributed by atoms with Crippen molar-refractivity contribution >= 4 is 23.8 Å². The summed E-state index contributed by atoms with van der Waals surface area (Å²) in [6, 6.07) is 5.24. The first-order valence-electron chi connectivity index (χ1n) is 6.84. The minimum Gasteiger partial charge on any atom is -0.463 e. The monoisotopic (exact) mass is 303 g/mol. The largest absolute Gasteiger partial charge is 0.463 e. The summed E-state index contributed by atoms with van der Waals surface area (Å²) in [5.41, 5.74) is 0.514. The van der Waals surface area contributed by atoms with E-state index in [0.29, 0.717) is 0 Å². The number of esters is 2. The van der Waals surface area contributed by atoms with Crippen LogP contribution in [-0.2, 0) is 19.1 Å². The van der Waals surface area contributed by atoms with E-state index in [-0.39, 0.29) is 24.2 Å². The van der Waals surface area contributed by atoms with Gasteiger partial charge in [0.2, 0.25) is 6.10 Å². The number of benzene rings is 1. The number of carbonyl (C=O) groups is 4. The minimum absolute atomic E-state index is 0.193. The highest BCUT2D eigenvalue weighted by atomic mass is 16.6.